The van der Waals surface area contributed by atoms with E-state index in [-0.39, 0.29) is 0 Å². The van der Waals surface area contributed by atoms with E-state index < -0.39 is 0 Å². The summed E-state index contributed by atoms with van der Waals surface area (Å²) in [6.45, 7) is 5.72. The zero-order valence-electron chi connectivity index (χ0n) is 10.7. The highest BCUT2D eigenvalue weighted by molar-refractivity contribution is 5.01. The van der Waals surface area contributed by atoms with Crippen LogP contribution in [0, 0.1) is 0 Å². The van der Waals surface area contributed by atoms with Crippen LogP contribution in [0.2, 0.25) is 0 Å². The van der Waals surface area contributed by atoms with Crippen molar-refractivity contribution in [3.8, 4) is 0 Å². The number of hydrogen-bond donors (Lipinski definition) is 1. The van der Waals surface area contributed by atoms with Crippen LogP contribution in [0.5, 0.6) is 0 Å². The number of aromatic nitrogens is 2. The summed E-state index contributed by atoms with van der Waals surface area (Å²) in [5.41, 5.74) is 1.17. The number of hydrogen-bond acceptors (Lipinski definition) is 3. The molecule has 1 aromatic rings. The first-order valence-electron chi connectivity index (χ1n) is 6.71. The fraction of sp³-hybridized carbons (Fsp3) is 0.769. The summed E-state index contributed by atoms with van der Waals surface area (Å²) >= 11 is 0. The molecule has 17 heavy (non-hydrogen) atoms. The Hall–Kier alpha value is -0.870. The van der Waals surface area contributed by atoms with Crippen molar-refractivity contribution in [3.63, 3.8) is 0 Å². The summed E-state index contributed by atoms with van der Waals surface area (Å²) < 4.78 is 7.62. The van der Waals surface area contributed by atoms with Crippen LogP contribution in [0.4, 0.5) is 0 Å². The van der Waals surface area contributed by atoms with E-state index in [1.165, 1.54) is 31.4 Å². The van der Waals surface area contributed by atoms with Crippen molar-refractivity contribution in [2.75, 3.05) is 13.2 Å². The monoisotopic (exact) mass is 237 g/mol. The molecule has 1 saturated heterocycles. The Bertz CT molecular complexity index is 318. The van der Waals surface area contributed by atoms with Gasteiger partial charge in [-0.25, -0.2) is 0 Å². The van der Waals surface area contributed by atoms with Gasteiger partial charge in [-0.05, 0) is 32.7 Å². The van der Waals surface area contributed by atoms with Crippen molar-refractivity contribution in [1.82, 2.24) is 15.1 Å². The van der Waals surface area contributed by atoms with Gasteiger partial charge in [-0.3, -0.25) is 4.68 Å². The summed E-state index contributed by atoms with van der Waals surface area (Å²) in [6, 6.07) is 0.669. The first-order valence-corrected chi connectivity index (χ1v) is 6.71. The lowest BCUT2D eigenvalue weighted by Crippen LogP contribution is -2.34. The maximum atomic E-state index is 5.69. The molecule has 1 unspecified atom stereocenters. The van der Waals surface area contributed by atoms with E-state index in [4.69, 9.17) is 4.74 Å². The van der Waals surface area contributed by atoms with Crippen molar-refractivity contribution in [2.45, 2.75) is 51.8 Å². The first-order chi connectivity index (χ1) is 8.38. The average Bonchev–Trinajstić information content (AvgIpc) is 2.84. The van der Waals surface area contributed by atoms with Crippen molar-refractivity contribution < 1.29 is 4.74 Å². The molecule has 0 bridgehead atoms. The van der Waals surface area contributed by atoms with Crippen LogP contribution in [0.1, 0.15) is 38.2 Å². The summed E-state index contributed by atoms with van der Waals surface area (Å²) in [6.07, 6.45) is 9.06. The predicted molar refractivity (Wildman–Crippen MR) is 67.8 cm³/mol. The molecule has 1 fully saturated rings. The normalized spacial score (nSPS) is 20.6. The van der Waals surface area contributed by atoms with Gasteiger partial charge in [0.25, 0.3) is 0 Å². The molecule has 0 aromatic carbocycles. The standard InChI is InChI=1S/C13H23N3O/c1-2-16-10-12(9-15-16)11-17-8-6-13-5-3-4-7-14-13/h9-10,13-14H,2-8,11H2,1H3. The van der Waals surface area contributed by atoms with Crippen molar-refractivity contribution in [2.24, 2.45) is 0 Å². The van der Waals surface area contributed by atoms with Crippen LogP contribution in [-0.4, -0.2) is 29.0 Å². The van der Waals surface area contributed by atoms with Crippen LogP contribution in [0.15, 0.2) is 12.4 Å². The van der Waals surface area contributed by atoms with E-state index in [0.717, 1.165) is 19.6 Å². The summed E-state index contributed by atoms with van der Waals surface area (Å²) in [5, 5.41) is 7.76. The minimum atomic E-state index is 0.669. The van der Waals surface area contributed by atoms with E-state index >= 15 is 0 Å². The molecule has 2 rings (SSSR count). The molecule has 1 aliphatic heterocycles. The van der Waals surface area contributed by atoms with Gasteiger partial charge < -0.3 is 10.1 Å². The zero-order valence-corrected chi connectivity index (χ0v) is 10.7. The highest BCUT2D eigenvalue weighted by Crippen LogP contribution is 2.10. The molecule has 0 saturated carbocycles. The van der Waals surface area contributed by atoms with Crippen molar-refractivity contribution in [1.29, 1.82) is 0 Å². The van der Waals surface area contributed by atoms with E-state index in [2.05, 4.69) is 23.5 Å². The Morgan fingerprint density at radius 2 is 2.47 bits per heavy atom. The maximum absolute atomic E-state index is 5.69. The summed E-state index contributed by atoms with van der Waals surface area (Å²) in [5.74, 6) is 0. The van der Waals surface area contributed by atoms with E-state index in [9.17, 15) is 0 Å². The van der Waals surface area contributed by atoms with Gasteiger partial charge in [0.05, 0.1) is 12.8 Å². The van der Waals surface area contributed by atoms with E-state index in [0.29, 0.717) is 12.6 Å². The van der Waals surface area contributed by atoms with Crippen LogP contribution in [0.3, 0.4) is 0 Å². The van der Waals surface area contributed by atoms with Gasteiger partial charge in [0.15, 0.2) is 0 Å². The Balaban J connectivity index is 1.59. The third-order valence-corrected chi connectivity index (χ3v) is 3.30. The second-order valence-electron chi connectivity index (χ2n) is 4.69. The second kappa shape index (κ2) is 6.77. The van der Waals surface area contributed by atoms with Gasteiger partial charge in [0.1, 0.15) is 0 Å². The topological polar surface area (TPSA) is 39.1 Å². The van der Waals surface area contributed by atoms with E-state index in [1.54, 1.807) is 0 Å². The van der Waals surface area contributed by atoms with E-state index in [1.807, 2.05) is 10.9 Å². The summed E-state index contributed by atoms with van der Waals surface area (Å²) in [7, 11) is 0. The molecule has 0 amide bonds. The molecular weight excluding hydrogens is 214 g/mol. The Morgan fingerprint density at radius 3 is 3.18 bits per heavy atom. The first kappa shape index (κ1) is 12.6. The lowest BCUT2D eigenvalue weighted by atomic mass is 10.0. The number of nitrogens with one attached hydrogen (secondary N) is 1. The fourth-order valence-corrected chi connectivity index (χ4v) is 2.24. The fourth-order valence-electron chi connectivity index (χ4n) is 2.24. The summed E-state index contributed by atoms with van der Waals surface area (Å²) in [4.78, 5) is 0. The lowest BCUT2D eigenvalue weighted by molar-refractivity contribution is 0.108. The van der Waals surface area contributed by atoms with Gasteiger partial charge in [0.2, 0.25) is 0 Å². The van der Waals surface area contributed by atoms with Gasteiger partial charge >= 0.3 is 0 Å². The highest BCUT2D eigenvalue weighted by atomic mass is 16.5. The Labute approximate surface area is 103 Å². The third-order valence-electron chi connectivity index (χ3n) is 3.30. The molecule has 0 spiro atoms. The quantitative estimate of drug-likeness (QED) is 0.769. The van der Waals surface area contributed by atoms with Crippen LogP contribution in [0.25, 0.3) is 0 Å². The molecular formula is C13H23N3O. The van der Waals surface area contributed by atoms with Crippen LogP contribution >= 0.6 is 0 Å². The minimum absolute atomic E-state index is 0.669. The minimum Gasteiger partial charge on any atom is -0.377 e. The van der Waals surface area contributed by atoms with Gasteiger partial charge in [0, 0.05) is 31.0 Å². The third kappa shape index (κ3) is 4.13. The molecule has 96 valence electrons. The lowest BCUT2D eigenvalue weighted by Gasteiger charge is -2.23. The number of aryl methyl sites for hydroxylation is 1. The Kier molecular flexibility index (Phi) is 5.01. The van der Waals surface area contributed by atoms with Crippen LogP contribution < -0.4 is 5.32 Å². The van der Waals surface area contributed by atoms with Crippen LogP contribution in [-0.2, 0) is 17.9 Å². The number of piperidine rings is 1. The smallest absolute Gasteiger partial charge is 0.0747 e. The maximum Gasteiger partial charge on any atom is 0.0747 e. The highest BCUT2D eigenvalue weighted by Gasteiger charge is 2.11. The molecule has 0 aliphatic carbocycles. The molecule has 1 N–H and O–H groups in total. The van der Waals surface area contributed by atoms with Crippen molar-refractivity contribution in [3.05, 3.63) is 18.0 Å². The molecule has 1 atom stereocenters. The number of rotatable bonds is 6. The molecule has 1 aliphatic rings. The molecule has 0 radical (unpaired) electrons. The number of nitrogens with zero attached hydrogens (tertiary/aromatic N) is 2. The second-order valence-corrected chi connectivity index (χ2v) is 4.69. The average molecular weight is 237 g/mol. The zero-order chi connectivity index (χ0) is 11.9. The molecule has 4 heteroatoms. The predicted octanol–water partition coefficient (Wildman–Crippen LogP) is 1.95. The molecule has 4 nitrogen and oxygen atoms in total. The van der Waals surface area contributed by atoms with Crippen molar-refractivity contribution >= 4 is 0 Å². The SMILES string of the molecule is CCn1cc(COCCC2CCCCN2)cn1. The van der Waals surface area contributed by atoms with Gasteiger partial charge in [-0.15, -0.1) is 0 Å². The Morgan fingerprint density at radius 1 is 1.53 bits per heavy atom. The van der Waals surface area contributed by atoms with Gasteiger partial charge in [-0.2, -0.15) is 5.10 Å². The number of ether oxygens (including phenoxy) is 1. The molecule has 2 heterocycles. The van der Waals surface area contributed by atoms with Gasteiger partial charge in [-0.1, -0.05) is 6.42 Å². The largest absolute Gasteiger partial charge is 0.377 e. The molecule has 1 aromatic heterocycles.